The molecule has 1 aromatic carbocycles. The molecule has 0 fully saturated rings. The third-order valence-electron chi connectivity index (χ3n) is 3.71. The van der Waals surface area contributed by atoms with Crippen molar-refractivity contribution in [2.45, 2.75) is 17.6 Å². The molecule has 7 nitrogen and oxygen atoms in total. The van der Waals surface area contributed by atoms with Gasteiger partial charge in [-0.15, -0.1) is 0 Å². The number of rotatable bonds is 9. The predicted octanol–water partition coefficient (Wildman–Crippen LogP) is 3.35. The minimum absolute atomic E-state index is 0.0485. The van der Waals surface area contributed by atoms with Crippen LogP contribution in [0, 0.1) is 0 Å². The molecule has 2 N–H and O–H groups in total. The molecular formula is C18H21ClN4O3S2. The topological polar surface area (TPSA) is 93.2 Å². The summed E-state index contributed by atoms with van der Waals surface area (Å²) in [7, 11) is 1.57. The Bertz CT molecular complexity index is 821. The SMILES string of the molecule is COc1ccc(NC(=O)[C@@H](CCSC)NC(=O)c2nc(SC)ncc2Cl)cc1. The third-order valence-corrected chi connectivity index (χ3v) is 5.19. The molecule has 150 valence electrons. The number of carbonyl (C=O) groups excluding carboxylic acids is 2. The molecule has 2 aromatic rings. The number of hydrogen-bond acceptors (Lipinski definition) is 7. The van der Waals surface area contributed by atoms with Crippen LogP contribution in [0.3, 0.4) is 0 Å². The molecule has 0 saturated heterocycles. The number of halogens is 1. The lowest BCUT2D eigenvalue weighted by atomic mass is 10.2. The summed E-state index contributed by atoms with van der Waals surface area (Å²) in [5.41, 5.74) is 0.659. The number of anilines is 1. The summed E-state index contributed by atoms with van der Waals surface area (Å²) >= 11 is 8.95. The van der Waals surface area contributed by atoms with Crippen LogP contribution in [0.1, 0.15) is 16.9 Å². The van der Waals surface area contributed by atoms with Gasteiger partial charge in [0.15, 0.2) is 10.9 Å². The Morgan fingerprint density at radius 3 is 2.57 bits per heavy atom. The summed E-state index contributed by atoms with van der Waals surface area (Å²) in [6, 6.07) is 6.23. The van der Waals surface area contributed by atoms with E-state index in [-0.39, 0.29) is 16.6 Å². The number of nitrogens with one attached hydrogen (secondary N) is 2. The quantitative estimate of drug-likeness (QED) is 0.456. The van der Waals surface area contributed by atoms with Crippen LogP contribution in [-0.2, 0) is 4.79 Å². The van der Waals surface area contributed by atoms with Crippen LogP contribution >= 0.6 is 35.1 Å². The number of nitrogens with zero attached hydrogens (tertiary/aromatic N) is 2. The Hall–Kier alpha value is -1.97. The number of benzene rings is 1. The summed E-state index contributed by atoms with van der Waals surface area (Å²) in [6.45, 7) is 0. The molecule has 0 aliphatic carbocycles. The van der Waals surface area contributed by atoms with E-state index in [2.05, 4.69) is 20.6 Å². The second-order valence-electron chi connectivity index (χ2n) is 5.58. The molecule has 0 bridgehead atoms. The van der Waals surface area contributed by atoms with Crippen molar-refractivity contribution >= 4 is 52.6 Å². The fourth-order valence-electron chi connectivity index (χ4n) is 2.24. The van der Waals surface area contributed by atoms with Crippen LogP contribution in [0.15, 0.2) is 35.6 Å². The predicted molar refractivity (Wildman–Crippen MR) is 115 cm³/mol. The van der Waals surface area contributed by atoms with Crippen LogP contribution in [0.2, 0.25) is 5.02 Å². The Morgan fingerprint density at radius 1 is 1.25 bits per heavy atom. The van der Waals surface area contributed by atoms with Gasteiger partial charge >= 0.3 is 0 Å². The Kier molecular flexibility index (Phi) is 8.88. The van der Waals surface area contributed by atoms with Crippen LogP contribution < -0.4 is 15.4 Å². The molecule has 2 amide bonds. The average Bonchev–Trinajstić information content (AvgIpc) is 2.71. The second-order valence-corrected chi connectivity index (χ2v) is 7.74. The van der Waals surface area contributed by atoms with E-state index < -0.39 is 11.9 Å². The molecule has 0 unspecified atom stereocenters. The maximum absolute atomic E-state index is 12.7. The standard InChI is InChI=1S/C18H21ClN4O3S2/c1-26-12-6-4-11(5-7-12)21-16(24)14(8-9-27-2)22-17(25)15-13(19)10-20-18(23-15)28-3/h4-7,10,14H,8-9H2,1-3H3,(H,21,24)(H,22,25)/t14-/m1/s1. The first-order valence-electron chi connectivity index (χ1n) is 8.29. The van der Waals surface area contributed by atoms with E-state index in [1.807, 2.05) is 6.26 Å². The number of hydrogen-bond donors (Lipinski definition) is 2. The van der Waals surface area contributed by atoms with Crippen molar-refractivity contribution in [2.24, 2.45) is 0 Å². The van der Waals surface area contributed by atoms with Gasteiger partial charge in [0.25, 0.3) is 5.91 Å². The maximum Gasteiger partial charge on any atom is 0.272 e. The van der Waals surface area contributed by atoms with E-state index in [1.165, 1.54) is 18.0 Å². The average molecular weight is 441 g/mol. The zero-order valence-corrected chi connectivity index (χ0v) is 18.1. The highest BCUT2D eigenvalue weighted by Crippen LogP contribution is 2.18. The number of thioether (sulfide) groups is 2. The van der Waals surface area contributed by atoms with E-state index >= 15 is 0 Å². The highest BCUT2D eigenvalue weighted by molar-refractivity contribution is 7.98. The summed E-state index contributed by atoms with van der Waals surface area (Å²) < 4.78 is 5.11. The van der Waals surface area contributed by atoms with Crippen molar-refractivity contribution in [2.75, 3.05) is 30.7 Å². The van der Waals surface area contributed by atoms with Gasteiger partial charge < -0.3 is 15.4 Å². The smallest absolute Gasteiger partial charge is 0.272 e. The van der Waals surface area contributed by atoms with Gasteiger partial charge in [-0.2, -0.15) is 11.8 Å². The minimum atomic E-state index is -0.731. The Morgan fingerprint density at radius 2 is 1.96 bits per heavy atom. The van der Waals surface area contributed by atoms with Gasteiger partial charge in [0.2, 0.25) is 5.91 Å². The molecule has 0 saturated carbocycles. The normalized spacial score (nSPS) is 11.6. The minimum Gasteiger partial charge on any atom is -0.497 e. The van der Waals surface area contributed by atoms with Crippen LogP contribution in [-0.4, -0.2) is 53.2 Å². The van der Waals surface area contributed by atoms with Gasteiger partial charge in [0.05, 0.1) is 18.3 Å². The number of ether oxygens (including phenoxy) is 1. The molecule has 1 heterocycles. The molecular weight excluding hydrogens is 420 g/mol. The van der Waals surface area contributed by atoms with Crippen molar-refractivity contribution in [3.8, 4) is 5.75 Å². The van der Waals surface area contributed by atoms with Gasteiger partial charge in [-0.25, -0.2) is 9.97 Å². The highest BCUT2D eigenvalue weighted by Gasteiger charge is 2.23. The first-order chi connectivity index (χ1) is 13.5. The fraction of sp³-hybridized carbons (Fsp3) is 0.333. The molecule has 10 heteroatoms. The lowest BCUT2D eigenvalue weighted by Crippen LogP contribution is -2.44. The van der Waals surface area contributed by atoms with Gasteiger partial charge in [0.1, 0.15) is 11.8 Å². The van der Waals surface area contributed by atoms with Crippen molar-refractivity contribution in [1.29, 1.82) is 0 Å². The second kappa shape index (κ2) is 11.1. The van der Waals surface area contributed by atoms with Gasteiger partial charge in [0, 0.05) is 5.69 Å². The summed E-state index contributed by atoms with van der Waals surface area (Å²) in [5, 5.41) is 6.10. The van der Waals surface area contributed by atoms with Crippen molar-refractivity contribution in [1.82, 2.24) is 15.3 Å². The van der Waals surface area contributed by atoms with Gasteiger partial charge in [-0.05, 0) is 49.0 Å². The first-order valence-corrected chi connectivity index (χ1v) is 11.3. The van der Waals surface area contributed by atoms with E-state index in [0.717, 1.165) is 0 Å². The molecule has 0 radical (unpaired) electrons. The van der Waals surface area contributed by atoms with Crippen LogP contribution in [0.5, 0.6) is 5.75 Å². The Balaban J connectivity index is 2.13. The summed E-state index contributed by atoms with van der Waals surface area (Å²) in [4.78, 5) is 33.5. The molecule has 0 aliphatic heterocycles. The van der Waals surface area contributed by atoms with Crippen molar-refractivity contribution in [3.63, 3.8) is 0 Å². The summed E-state index contributed by atoms with van der Waals surface area (Å²) in [6.07, 6.45) is 5.58. The first kappa shape index (κ1) is 22.3. The molecule has 28 heavy (non-hydrogen) atoms. The van der Waals surface area contributed by atoms with E-state index in [0.29, 0.717) is 28.8 Å². The van der Waals surface area contributed by atoms with Crippen LogP contribution in [0.4, 0.5) is 5.69 Å². The van der Waals surface area contributed by atoms with E-state index in [9.17, 15) is 9.59 Å². The molecule has 1 atom stereocenters. The van der Waals surface area contributed by atoms with Gasteiger partial charge in [-0.1, -0.05) is 23.4 Å². The number of carbonyl (C=O) groups is 2. The lowest BCUT2D eigenvalue weighted by Gasteiger charge is -2.18. The molecule has 0 spiro atoms. The zero-order chi connectivity index (χ0) is 20.5. The van der Waals surface area contributed by atoms with Crippen molar-refractivity contribution in [3.05, 3.63) is 41.2 Å². The Labute approximate surface area is 177 Å². The highest BCUT2D eigenvalue weighted by atomic mass is 35.5. The molecule has 0 aliphatic rings. The number of methoxy groups -OCH3 is 1. The van der Waals surface area contributed by atoms with Crippen molar-refractivity contribution < 1.29 is 14.3 Å². The third kappa shape index (κ3) is 6.29. The maximum atomic E-state index is 12.7. The summed E-state index contributed by atoms with van der Waals surface area (Å²) in [5.74, 6) is 0.559. The van der Waals surface area contributed by atoms with Gasteiger partial charge in [-0.3, -0.25) is 9.59 Å². The van der Waals surface area contributed by atoms with E-state index in [4.69, 9.17) is 16.3 Å². The van der Waals surface area contributed by atoms with E-state index in [1.54, 1.807) is 49.4 Å². The largest absolute Gasteiger partial charge is 0.497 e. The zero-order valence-electron chi connectivity index (χ0n) is 15.7. The lowest BCUT2D eigenvalue weighted by molar-refractivity contribution is -0.118. The number of aromatic nitrogens is 2. The fourth-order valence-corrected chi connectivity index (χ4v) is 3.23. The number of amides is 2. The molecule has 2 rings (SSSR count). The molecule has 1 aromatic heterocycles. The van der Waals surface area contributed by atoms with Crippen LogP contribution in [0.25, 0.3) is 0 Å². The monoisotopic (exact) mass is 440 g/mol.